The smallest absolute Gasteiger partial charge is 0.307 e. The zero-order valence-corrected chi connectivity index (χ0v) is 12.9. The molecule has 0 saturated heterocycles. The van der Waals surface area contributed by atoms with Gasteiger partial charge in [-0.2, -0.15) is 0 Å². The van der Waals surface area contributed by atoms with Gasteiger partial charge in [-0.05, 0) is 30.7 Å². The van der Waals surface area contributed by atoms with Crippen molar-refractivity contribution >= 4 is 29.2 Å². The highest BCUT2D eigenvalue weighted by atomic mass is 16.6. The van der Waals surface area contributed by atoms with Crippen LogP contribution in [0.5, 0.6) is 0 Å². The van der Waals surface area contributed by atoms with Crippen LogP contribution in [0.4, 0.5) is 17.3 Å². The molecule has 1 amide bonds. The first kappa shape index (κ1) is 15.0. The van der Waals surface area contributed by atoms with E-state index in [1.165, 1.54) is 11.1 Å². The van der Waals surface area contributed by atoms with E-state index in [0.717, 1.165) is 0 Å². The largest absolute Gasteiger partial charge is 0.481 e. The number of hydrogen-bond donors (Lipinski definition) is 1. The van der Waals surface area contributed by atoms with Gasteiger partial charge in [0, 0.05) is 26.0 Å². The van der Waals surface area contributed by atoms with Gasteiger partial charge in [0.05, 0.1) is 17.7 Å². The summed E-state index contributed by atoms with van der Waals surface area (Å²) in [7, 11) is 1.68. The minimum Gasteiger partial charge on any atom is -0.481 e. The average Bonchev–Trinajstić information content (AvgIpc) is 2.62. The Kier molecular flexibility index (Phi) is 3.69. The van der Waals surface area contributed by atoms with Gasteiger partial charge in [0.15, 0.2) is 5.82 Å². The molecule has 1 aliphatic rings. The highest BCUT2D eigenvalue weighted by Crippen LogP contribution is 2.37. The molecule has 0 radical (unpaired) electrons. The van der Waals surface area contributed by atoms with E-state index < -0.39 is 5.97 Å². The number of carbonyl (C=O) groups is 2. The zero-order valence-electron chi connectivity index (χ0n) is 12.9. The van der Waals surface area contributed by atoms with E-state index in [9.17, 15) is 9.59 Å². The van der Waals surface area contributed by atoms with E-state index in [1.54, 1.807) is 25.4 Å². The Morgan fingerprint density at radius 2 is 2.09 bits per heavy atom. The minimum absolute atomic E-state index is 0.172. The molecule has 7 nitrogen and oxygen atoms in total. The maximum absolute atomic E-state index is 12.8. The van der Waals surface area contributed by atoms with Crippen LogP contribution < -0.4 is 9.80 Å². The van der Waals surface area contributed by atoms with Gasteiger partial charge in [-0.15, -0.1) is 0 Å². The standard InChI is InChI=1S/C16H16N4O3/c1-3-20-14-11(7-10(9-18-14)8-13(21)22)16(23)19(2)12-5-4-6-17-15(12)20/h4-7,9H,3,8H2,1-2H3,(H,21,22)/i13+2. The van der Waals surface area contributed by atoms with Crippen LogP contribution in [0.3, 0.4) is 0 Å². The summed E-state index contributed by atoms with van der Waals surface area (Å²) in [6.45, 7) is 2.54. The van der Waals surface area contributed by atoms with Crippen LogP contribution in [0.2, 0.25) is 0 Å². The van der Waals surface area contributed by atoms with E-state index in [0.29, 0.717) is 35.0 Å². The number of fused-ring (bicyclic) bond motifs is 2. The van der Waals surface area contributed by atoms with Crippen LogP contribution in [-0.4, -0.2) is 40.5 Å². The van der Waals surface area contributed by atoms with Gasteiger partial charge in [-0.25, -0.2) is 9.97 Å². The third kappa shape index (κ3) is 2.50. The molecule has 0 unspecified atom stereocenters. The maximum Gasteiger partial charge on any atom is 0.307 e. The molecule has 0 fully saturated rings. The Bertz CT molecular complexity index is 791. The molecule has 2 aromatic rings. The van der Waals surface area contributed by atoms with Crippen molar-refractivity contribution in [3.05, 3.63) is 41.7 Å². The number of amides is 1. The fourth-order valence-electron chi connectivity index (χ4n) is 2.69. The summed E-state index contributed by atoms with van der Waals surface area (Å²) in [6, 6.07) is 5.20. The highest BCUT2D eigenvalue weighted by Gasteiger charge is 2.30. The van der Waals surface area contributed by atoms with E-state index in [-0.39, 0.29) is 12.3 Å². The van der Waals surface area contributed by atoms with E-state index in [1.807, 2.05) is 17.9 Å². The summed E-state index contributed by atoms with van der Waals surface area (Å²) in [5.41, 5.74) is 1.57. The van der Waals surface area contributed by atoms with Crippen molar-refractivity contribution in [2.75, 3.05) is 23.4 Å². The molecular weight excluding hydrogens is 298 g/mol. The Labute approximate surface area is 133 Å². The molecule has 3 rings (SSSR count). The van der Waals surface area contributed by atoms with Crippen molar-refractivity contribution in [1.82, 2.24) is 9.97 Å². The molecule has 3 heterocycles. The SMILES string of the molecule is CCN1c2ncc(C[14C](=O)O)cc2C(=O)N(C)c2cccnc21. The summed E-state index contributed by atoms with van der Waals surface area (Å²) in [4.78, 5) is 35.8. The predicted molar refractivity (Wildman–Crippen MR) is 85.2 cm³/mol. The fourth-order valence-corrected chi connectivity index (χ4v) is 2.69. The Morgan fingerprint density at radius 1 is 1.30 bits per heavy atom. The molecule has 0 atom stereocenters. The number of hydrogen-bond acceptors (Lipinski definition) is 5. The number of carboxylic acid groups (broad SMARTS) is 1. The summed E-state index contributed by atoms with van der Waals surface area (Å²) in [6.07, 6.45) is 3.00. The van der Waals surface area contributed by atoms with Crippen LogP contribution in [0.15, 0.2) is 30.6 Å². The number of pyridine rings is 2. The molecule has 0 aliphatic carbocycles. The second-order valence-corrected chi connectivity index (χ2v) is 5.24. The summed E-state index contributed by atoms with van der Waals surface area (Å²) < 4.78 is 0. The van der Waals surface area contributed by atoms with Crippen molar-refractivity contribution in [3.63, 3.8) is 0 Å². The fraction of sp³-hybridized carbons (Fsp3) is 0.250. The first-order chi connectivity index (χ1) is 11.0. The molecule has 23 heavy (non-hydrogen) atoms. The predicted octanol–water partition coefficient (Wildman–Crippen LogP) is 1.85. The molecular formula is C16H16N4O3. The molecule has 118 valence electrons. The minimum atomic E-state index is -0.960. The Morgan fingerprint density at radius 3 is 2.78 bits per heavy atom. The molecule has 2 aromatic heterocycles. The number of carboxylic acids is 1. The Hall–Kier alpha value is -2.96. The second kappa shape index (κ2) is 5.68. The van der Waals surface area contributed by atoms with E-state index in [4.69, 9.17) is 5.11 Å². The van der Waals surface area contributed by atoms with Crippen LogP contribution in [0, 0.1) is 0 Å². The first-order valence-electron chi connectivity index (χ1n) is 7.24. The lowest BCUT2D eigenvalue weighted by molar-refractivity contribution is -0.136. The molecule has 0 saturated carbocycles. The van der Waals surface area contributed by atoms with E-state index in [2.05, 4.69) is 9.97 Å². The second-order valence-electron chi connectivity index (χ2n) is 5.24. The number of carbonyl (C=O) groups excluding carboxylic acids is 1. The summed E-state index contributed by atoms with van der Waals surface area (Å²) in [5, 5.41) is 8.94. The number of anilines is 3. The number of rotatable bonds is 3. The van der Waals surface area contributed by atoms with Gasteiger partial charge in [0.25, 0.3) is 5.91 Å². The average molecular weight is 314 g/mol. The number of aromatic nitrogens is 2. The lowest BCUT2D eigenvalue weighted by Crippen LogP contribution is -2.25. The summed E-state index contributed by atoms with van der Waals surface area (Å²) >= 11 is 0. The van der Waals surface area contributed by atoms with Crippen LogP contribution >= 0.6 is 0 Å². The Balaban J connectivity index is 2.20. The molecule has 0 spiro atoms. The number of aliphatic carboxylic acids is 1. The summed E-state index contributed by atoms with van der Waals surface area (Å²) in [5.74, 6) is -0.0394. The maximum atomic E-state index is 12.8. The van der Waals surface area contributed by atoms with Gasteiger partial charge in [-0.3, -0.25) is 9.59 Å². The van der Waals surface area contributed by atoms with Gasteiger partial charge in [-0.1, -0.05) is 0 Å². The molecule has 0 bridgehead atoms. The third-order valence-corrected chi connectivity index (χ3v) is 3.77. The van der Waals surface area contributed by atoms with Crippen molar-refractivity contribution in [2.45, 2.75) is 13.3 Å². The first-order valence-corrected chi connectivity index (χ1v) is 7.24. The van der Waals surface area contributed by atoms with Crippen LogP contribution in [-0.2, 0) is 11.2 Å². The van der Waals surface area contributed by atoms with Crippen LogP contribution in [0.1, 0.15) is 22.8 Å². The van der Waals surface area contributed by atoms with Crippen molar-refractivity contribution in [3.8, 4) is 0 Å². The lowest BCUT2D eigenvalue weighted by Gasteiger charge is -2.22. The molecule has 7 heteroatoms. The van der Waals surface area contributed by atoms with E-state index >= 15 is 0 Å². The molecule has 1 aliphatic heterocycles. The molecule has 0 aromatic carbocycles. The topological polar surface area (TPSA) is 86.6 Å². The quantitative estimate of drug-likeness (QED) is 0.930. The van der Waals surface area contributed by atoms with Crippen LogP contribution in [0.25, 0.3) is 0 Å². The third-order valence-electron chi connectivity index (χ3n) is 3.77. The van der Waals surface area contributed by atoms with Crippen molar-refractivity contribution < 1.29 is 14.7 Å². The molecule has 1 N–H and O–H groups in total. The monoisotopic (exact) mass is 314 g/mol. The lowest BCUT2D eigenvalue weighted by atomic mass is 10.1. The normalized spacial score (nSPS) is 13.4. The number of nitrogens with zero attached hydrogens (tertiary/aromatic N) is 4. The van der Waals surface area contributed by atoms with Crippen molar-refractivity contribution in [2.24, 2.45) is 0 Å². The highest BCUT2D eigenvalue weighted by molar-refractivity contribution is 6.12. The van der Waals surface area contributed by atoms with Gasteiger partial charge < -0.3 is 14.9 Å². The van der Waals surface area contributed by atoms with Gasteiger partial charge >= 0.3 is 5.97 Å². The van der Waals surface area contributed by atoms with Gasteiger partial charge in [0.2, 0.25) is 0 Å². The van der Waals surface area contributed by atoms with Gasteiger partial charge in [0.1, 0.15) is 5.82 Å². The van der Waals surface area contributed by atoms with Crippen molar-refractivity contribution in [1.29, 1.82) is 0 Å². The zero-order chi connectivity index (χ0) is 16.6.